The second kappa shape index (κ2) is 6.48. The third-order valence-corrected chi connectivity index (χ3v) is 6.68. The van der Waals surface area contributed by atoms with E-state index in [1.165, 1.54) is 11.3 Å². The number of halogens is 1. The van der Waals surface area contributed by atoms with Crippen LogP contribution in [0.2, 0.25) is 5.02 Å². The molecule has 4 nitrogen and oxygen atoms in total. The maximum atomic E-state index is 12.5. The van der Waals surface area contributed by atoms with E-state index in [0.717, 1.165) is 38.0 Å². The Kier molecular flexibility index (Phi) is 4.78. The number of carbonyl (C=O) groups is 1. The number of ether oxygens (including phenoxy) is 2. The van der Waals surface area contributed by atoms with Gasteiger partial charge in [0.05, 0.1) is 11.1 Å². The highest BCUT2D eigenvalue weighted by atomic mass is 35.5. The van der Waals surface area contributed by atoms with E-state index in [0.29, 0.717) is 16.5 Å². The normalized spacial score (nSPS) is 26.7. The van der Waals surface area contributed by atoms with Gasteiger partial charge in [-0.3, -0.25) is 4.79 Å². The van der Waals surface area contributed by atoms with Gasteiger partial charge in [0.1, 0.15) is 4.88 Å². The molecule has 1 N–H and O–H groups in total. The lowest BCUT2D eigenvalue weighted by Crippen LogP contribution is -2.66. The molecule has 1 aromatic heterocycles. The summed E-state index contributed by atoms with van der Waals surface area (Å²) in [4.78, 5) is 13.1. The number of aryl methyl sites for hydroxylation is 1. The van der Waals surface area contributed by atoms with E-state index in [9.17, 15) is 4.79 Å². The summed E-state index contributed by atoms with van der Waals surface area (Å²) in [6.45, 7) is 6.14. The molecule has 1 amide bonds. The largest absolute Gasteiger partial charge is 0.381 e. The molecule has 1 aliphatic carbocycles. The van der Waals surface area contributed by atoms with Crippen LogP contribution in [0.3, 0.4) is 0 Å². The molecule has 3 rings (SSSR count). The van der Waals surface area contributed by atoms with Gasteiger partial charge in [-0.1, -0.05) is 11.6 Å². The molecule has 2 aliphatic rings. The molecule has 1 saturated heterocycles. The van der Waals surface area contributed by atoms with Gasteiger partial charge in [0.25, 0.3) is 5.91 Å². The fourth-order valence-electron chi connectivity index (χ4n) is 3.61. The van der Waals surface area contributed by atoms with Crippen molar-refractivity contribution in [2.24, 2.45) is 5.41 Å². The van der Waals surface area contributed by atoms with Gasteiger partial charge in [-0.15, -0.1) is 11.3 Å². The van der Waals surface area contributed by atoms with Gasteiger partial charge in [0.15, 0.2) is 0 Å². The van der Waals surface area contributed by atoms with Gasteiger partial charge >= 0.3 is 0 Å². The van der Waals surface area contributed by atoms with Crippen molar-refractivity contribution in [2.75, 3.05) is 19.8 Å². The topological polar surface area (TPSA) is 47.6 Å². The summed E-state index contributed by atoms with van der Waals surface area (Å²) < 4.78 is 11.4. The smallest absolute Gasteiger partial charge is 0.263 e. The van der Waals surface area contributed by atoms with E-state index in [-0.39, 0.29) is 23.5 Å². The molecular weight excluding hydrogens is 322 g/mol. The third-order valence-electron chi connectivity index (χ3n) is 4.99. The number of thiophene rings is 1. The Labute approximate surface area is 140 Å². The van der Waals surface area contributed by atoms with Crippen LogP contribution in [-0.2, 0) is 9.47 Å². The monoisotopic (exact) mass is 343 g/mol. The van der Waals surface area contributed by atoms with Crippen molar-refractivity contribution < 1.29 is 14.3 Å². The predicted octanol–water partition coefficient (Wildman–Crippen LogP) is 3.41. The minimum absolute atomic E-state index is 0.0305. The number of carbonyl (C=O) groups excluding carboxylic acids is 1. The highest BCUT2D eigenvalue weighted by Crippen LogP contribution is 2.50. The number of hydrogen-bond acceptors (Lipinski definition) is 4. The molecule has 2 atom stereocenters. The van der Waals surface area contributed by atoms with E-state index in [1.807, 2.05) is 19.2 Å². The quantitative estimate of drug-likeness (QED) is 0.911. The van der Waals surface area contributed by atoms with E-state index in [4.69, 9.17) is 21.1 Å². The molecule has 122 valence electrons. The minimum atomic E-state index is -0.0612. The lowest BCUT2D eigenvalue weighted by Gasteiger charge is -2.57. The van der Waals surface area contributed by atoms with Crippen LogP contribution in [-0.4, -0.2) is 37.9 Å². The van der Waals surface area contributed by atoms with Crippen molar-refractivity contribution in [2.45, 2.75) is 45.3 Å². The Bertz CT molecular complexity index is 554. The minimum Gasteiger partial charge on any atom is -0.381 e. The number of rotatable bonds is 4. The molecule has 1 aliphatic heterocycles. The Morgan fingerprint density at radius 1 is 1.55 bits per heavy atom. The molecule has 0 radical (unpaired) electrons. The Morgan fingerprint density at radius 3 is 2.86 bits per heavy atom. The average Bonchev–Trinajstić information content (AvgIpc) is 2.87. The molecule has 22 heavy (non-hydrogen) atoms. The lowest BCUT2D eigenvalue weighted by molar-refractivity contribution is -0.170. The van der Waals surface area contributed by atoms with Gasteiger partial charge in [-0.25, -0.2) is 0 Å². The van der Waals surface area contributed by atoms with E-state index < -0.39 is 0 Å². The van der Waals surface area contributed by atoms with Crippen LogP contribution in [0.1, 0.15) is 41.4 Å². The summed E-state index contributed by atoms with van der Waals surface area (Å²) in [6.07, 6.45) is 2.99. The number of amides is 1. The molecule has 1 spiro atoms. The Morgan fingerprint density at radius 2 is 2.27 bits per heavy atom. The van der Waals surface area contributed by atoms with Crippen LogP contribution in [0.15, 0.2) is 5.38 Å². The fraction of sp³-hybridized carbons (Fsp3) is 0.688. The zero-order chi connectivity index (χ0) is 15.7. The van der Waals surface area contributed by atoms with Crippen molar-refractivity contribution in [3.05, 3.63) is 20.8 Å². The van der Waals surface area contributed by atoms with Crippen LogP contribution in [0, 0.1) is 12.3 Å². The van der Waals surface area contributed by atoms with Gasteiger partial charge in [0, 0.05) is 31.3 Å². The molecule has 1 aromatic rings. The predicted molar refractivity (Wildman–Crippen MR) is 87.8 cm³/mol. The third kappa shape index (κ3) is 2.68. The molecule has 2 unspecified atom stereocenters. The summed E-state index contributed by atoms with van der Waals surface area (Å²) in [5.41, 5.74) is 0.987. The summed E-state index contributed by atoms with van der Waals surface area (Å²) in [7, 11) is 0. The van der Waals surface area contributed by atoms with Crippen LogP contribution >= 0.6 is 22.9 Å². The van der Waals surface area contributed by atoms with Crippen LogP contribution in [0.4, 0.5) is 0 Å². The second-order valence-electron chi connectivity index (χ2n) is 6.11. The molecule has 2 heterocycles. The van der Waals surface area contributed by atoms with E-state index >= 15 is 0 Å². The van der Waals surface area contributed by atoms with Crippen LogP contribution in [0.25, 0.3) is 0 Å². The molecular formula is C16H22ClNO3S. The maximum absolute atomic E-state index is 12.5. The maximum Gasteiger partial charge on any atom is 0.263 e. The second-order valence-corrected chi connectivity index (χ2v) is 7.37. The summed E-state index contributed by atoms with van der Waals surface area (Å²) in [5.74, 6) is -0.0612. The lowest BCUT2D eigenvalue weighted by atomic mass is 9.57. The first-order valence-corrected chi connectivity index (χ1v) is 9.08. The van der Waals surface area contributed by atoms with Crippen molar-refractivity contribution in [1.29, 1.82) is 0 Å². The van der Waals surface area contributed by atoms with Crippen LogP contribution in [0.5, 0.6) is 0 Å². The van der Waals surface area contributed by atoms with E-state index in [2.05, 4.69) is 5.32 Å². The highest BCUT2D eigenvalue weighted by Gasteiger charge is 2.56. The number of hydrogen-bond donors (Lipinski definition) is 1. The first-order chi connectivity index (χ1) is 10.6. The average molecular weight is 344 g/mol. The summed E-state index contributed by atoms with van der Waals surface area (Å²) >= 11 is 7.62. The van der Waals surface area contributed by atoms with Crippen molar-refractivity contribution >= 4 is 28.8 Å². The fourth-order valence-corrected chi connectivity index (χ4v) is 4.80. The Hall–Kier alpha value is -0.620. The Balaban J connectivity index is 1.72. The molecule has 0 aromatic carbocycles. The van der Waals surface area contributed by atoms with Gasteiger partial charge in [-0.05, 0) is 44.1 Å². The highest BCUT2D eigenvalue weighted by molar-refractivity contribution is 7.13. The van der Waals surface area contributed by atoms with Gasteiger partial charge < -0.3 is 14.8 Å². The van der Waals surface area contributed by atoms with Crippen LogP contribution < -0.4 is 5.32 Å². The number of nitrogens with one attached hydrogen (secondary N) is 1. The molecule has 6 heteroatoms. The first kappa shape index (κ1) is 16.2. The zero-order valence-corrected chi connectivity index (χ0v) is 14.6. The standard InChI is InChI=1S/C16H22ClNO3S/c1-3-21-12-8-11(16(12)4-6-20-7-5-16)18-15(19)14-13(17)10(2)9-22-14/h9,11-12H,3-8H2,1-2H3,(H,18,19). The molecule has 1 saturated carbocycles. The SMILES string of the molecule is CCOC1CC(NC(=O)c2scc(C)c2Cl)C12CCOCC2. The summed E-state index contributed by atoms with van der Waals surface area (Å²) in [6, 6.07) is 0.152. The zero-order valence-electron chi connectivity index (χ0n) is 13.0. The van der Waals surface area contributed by atoms with Gasteiger partial charge in [-0.2, -0.15) is 0 Å². The molecule has 2 fully saturated rings. The van der Waals surface area contributed by atoms with Crippen molar-refractivity contribution in [3.63, 3.8) is 0 Å². The molecule has 0 bridgehead atoms. The van der Waals surface area contributed by atoms with Crippen molar-refractivity contribution in [3.8, 4) is 0 Å². The van der Waals surface area contributed by atoms with Gasteiger partial charge in [0.2, 0.25) is 0 Å². The summed E-state index contributed by atoms with van der Waals surface area (Å²) in [5, 5.41) is 5.68. The first-order valence-electron chi connectivity index (χ1n) is 7.82. The van der Waals surface area contributed by atoms with E-state index in [1.54, 1.807) is 0 Å². The van der Waals surface area contributed by atoms with Crippen molar-refractivity contribution in [1.82, 2.24) is 5.32 Å².